The smallest absolute Gasteiger partial charge is 0.328 e. The van der Waals surface area contributed by atoms with Crippen LogP contribution < -0.4 is 0 Å². The van der Waals surface area contributed by atoms with Crippen LogP contribution in [0.2, 0.25) is 0 Å². The summed E-state index contributed by atoms with van der Waals surface area (Å²) in [5.41, 5.74) is 0.113. The molecule has 10 nitrogen and oxygen atoms in total. The molecule has 29 heavy (non-hydrogen) atoms. The van der Waals surface area contributed by atoms with Crippen LogP contribution in [0, 0.1) is 10.8 Å². The van der Waals surface area contributed by atoms with Gasteiger partial charge < -0.3 is 15.1 Å². The summed E-state index contributed by atoms with van der Waals surface area (Å²) < 4.78 is 31.9. The van der Waals surface area contributed by atoms with E-state index < -0.39 is 34.0 Å². The average Bonchev–Trinajstić information content (AvgIpc) is 2.70. The zero-order valence-electron chi connectivity index (χ0n) is 16.8. The number of nitroso groups, excluding NO2 is 1. The van der Waals surface area contributed by atoms with Crippen LogP contribution in [-0.2, 0) is 24.3 Å². The van der Waals surface area contributed by atoms with Gasteiger partial charge in [-0.25, -0.2) is 13.2 Å². The normalized spacial score (nSPS) is 19.8. The van der Waals surface area contributed by atoms with Gasteiger partial charge in [-0.1, -0.05) is 20.3 Å². The molecule has 0 aromatic heterocycles. The molecular formula is C18H26N3O7S-. The Hall–Kier alpha value is -2.37. The Labute approximate surface area is 170 Å². The van der Waals surface area contributed by atoms with E-state index in [0.717, 1.165) is 4.31 Å². The van der Waals surface area contributed by atoms with Crippen molar-refractivity contribution >= 4 is 27.6 Å². The van der Waals surface area contributed by atoms with Crippen molar-refractivity contribution in [2.45, 2.75) is 44.2 Å². The first-order valence-electron chi connectivity index (χ1n) is 9.02. The van der Waals surface area contributed by atoms with E-state index in [9.17, 15) is 22.9 Å². The Kier molecular flexibility index (Phi) is 8.42. The molecule has 162 valence electrons. The summed E-state index contributed by atoms with van der Waals surface area (Å²) in [6.07, 6.45) is 0.664. The van der Waals surface area contributed by atoms with Crippen molar-refractivity contribution in [2.24, 2.45) is 11.1 Å². The summed E-state index contributed by atoms with van der Waals surface area (Å²) in [4.78, 5) is 37.1. The molecule has 1 saturated heterocycles. The Morgan fingerprint density at radius 1 is 1.28 bits per heavy atom. The first-order valence-corrected chi connectivity index (χ1v) is 10.5. The minimum Gasteiger partial charge on any atom is -0.870 e. The van der Waals surface area contributed by atoms with Gasteiger partial charge in [0.1, 0.15) is 17.8 Å². The van der Waals surface area contributed by atoms with Gasteiger partial charge >= 0.3 is 5.97 Å². The first kappa shape index (κ1) is 24.7. The predicted octanol–water partition coefficient (Wildman–Crippen LogP) is 1.72. The molecular weight excluding hydrogens is 402 g/mol. The molecule has 1 aromatic carbocycles. The number of benzene rings is 1. The van der Waals surface area contributed by atoms with Crippen molar-refractivity contribution in [3.8, 4) is 0 Å². The van der Waals surface area contributed by atoms with Crippen molar-refractivity contribution in [1.29, 1.82) is 0 Å². The van der Waals surface area contributed by atoms with Crippen LogP contribution >= 0.6 is 0 Å². The van der Waals surface area contributed by atoms with Gasteiger partial charge in [-0.3, -0.25) is 4.79 Å². The van der Waals surface area contributed by atoms with Gasteiger partial charge in [-0.15, -0.1) is 4.91 Å². The van der Waals surface area contributed by atoms with Crippen LogP contribution in [0.25, 0.3) is 0 Å². The van der Waals surface area contributed by atoms with Gasteiger partial charge in [0.15, 0.2) is 0 Å². The molecule has 2 rings (SSSR count). The van der Waals surface area contributed by atoms with Gasteiger partial charge in [0.05, 0.1) is 12.0 Å². The third-order valence-corrected chi connectivity index (χ3v) is 7.13. The predicted molar refractivity (Wildman–Crippen MR) is 104 cm³/mol. The molecule has 11 heteroatoms. The Morgan fingerprint density at radius 3 is 2.34 bits per heavy atom. The lowest BCUT2D eigenvalue weighted by atomic mass is 9.96. The standard InChI is InChI=1S/C18H25N3O6S.H2O/c1-5-12(2)16(18(23)27-4)20-10-11-21(13(3)17(20)22)28(25,26)15-8-6-14(19-24)7-9-15;/h6-9,12-13,16H,5,10-11H2,1-4H3;1H2/p-1/t12-,13-,16-;/m0./s1. The number of hydrogen-bond donors (Lipinski definition) is 0. The van der Waals surface area contributed by atoms with Crippen LogP contribution in [-0.4, -0.2) is 67.3 Å². The minimum atomic E-state index is -3.94. The molecule has 0 saturated carbocycles. The maximum atomic E-state index is 13.0. The highest BCUT2D eigenvalue weighted by Crippen LogP contribution is 2.27. The maximum Gasteiger partial charge on any atom is 0.328 e. The summed E-state index contributed by atoms with van der Waals surface area (Å²) in [5, 5.41) is 2.75. The molecule has 1 fully saturated rings. The number of methoxy groups -OCH3 is 1. The molecule has 0 bridgehead atoms. The fourth-order valence-corrected chi connectivity index (χ4v) is 4.88. The minimum absolute atomic E-state index is 0. The lowest BCUT2D eigenvalue weighted by Gasteiger charge is -2.42. The summed E-state index contributed by atoms with van der Waals surface area (Å²) in [7, 11) is -2.68. The molecule has 1 aliphatic heterocycles. The van der Waals surface area contributed by atoms with E-state index in [-0.39, 0.29) is 35.1 Å². The number of nitrogens with zero attached hydrogens (tertiary/aromatic N) is 3. The highest BCUT2D eigenvalue weighted by atomic mass is 32.2. The number of hydrogen-bond acceptors (Lipinski definition) is 8. The van der Waals surface area contributed by atoms with Gasteiger partial charge in [0.2, 0.25) is 15.9 Å². The molecule has 1 aliphatic rings. The number of sulfonamides is 1. The zero-order chi connectivity index (χ0) is 21.1. The fourth-order valence-electron chi connectivity index (χ4n) is 3.30. The summed E-state index contributed by atoms with van der Waals surface area (Å²) in [6, 6.07) is 3.45. The van der Waals surface area contributed by atoms with Gasteiger partial charge in [0.25, 0.3) is 0 Å². The SMILES string of the molecule is CC[C@H](C)[C@@H](C(=O)OC)N1CCN(S(=O)(=O)c2ccc(N=O)cc2)[C@@H](C)C1=O.[OH-]. The third-order valence-electron chi connectivity index (χ3n) is 5.14. The highest BCUT2D eigenvalue weighted by molar-refractivity contribution is 7.89. The summed E-state index contributed by atoms with van der Waals surface area (Å²) in [6.45, 7) is 5.39. The van der Waals surface area contributed by atoms with Crippen molar-refractivity contribution in [2.75, 3.05) is 20.2 Å². The third kappa shape index (κ3) is 4.80. The largest absolute Gasteiger partial charge is 0.870 e. The monoisotopic (exact) mass is 428 g/mol. The Bertz CT molecular complexity index is 842. The molecule has 1 amide bonds. The van der Waals surface area contributed by atoms with Crippen molar-refractivity contribution < 1.29 is 28.2 Å². The highest BCUT2D eigenvalue weighted by Gasteiger charge is 2.44. The molecule has 0 spiro atoms. The molecule has 0 radical (unpaired) electrons. The number of ether oxygens (including phenoxy) is 1. The van der Waals surface area contributed by atoms with E-state index in [1.165, 1.54) is 43.2 Å². The van der Waals surface area contributed by atoms with Crippen LogP contribution in [0.1, 0.15) is 27.2 Å². The van der Waals surface area contributed by atoms with Crippen molar-refractivity contribution in [1.82, 2.24) is 9.21 Å². The zero-order valence-corrected chi connectivity index (χ0v) is 17.6. The van der Waals surface area contributed by atoms with E-state index in [4.69, 9.17) is 4.74 Å². The quantitative estimate of drug-likeness (QED) is 0.475. The first-order chi connectivity index (χ1) is 13.2. The second kappa shape index (κ2) is 9.90. The van der Waals surface area contributed by atoms with Crippen molar-refractivity contribution in [3.05, 3.63) is 29.2 Å². The molecule has 1 heterocycles. The number of esters is 1. The lowest BCUT2D eigenvalue weighted by Crippen LogP contribution is -2.62. The second-order valence-electron chi connectivity index (χ2n) is 6.76. The topological polar surface area (TPSA) is 143 Å². The second-order valence-corrected chi connectivity index (χ2v) is 8.65. The van der Waals surface area contributed by atoms with Crippen molar-refractivity contribution in [3.63, 3.8) is 0 Å². The molecule has 3 atom stereocenters. The molecule has 1 aromatic rings. The number of amides is 1. The van der Waals surface area contributed by atoms with E-state index in [2.05, 4.69) is 5.18 Å². The average molecular weight is 428 g/mol. The number of piperazine rings is 1. The van der Waals surface area contributed by atoms with Crippen LogP contribution in [0.3, 0.4) is 0 Å². The van der Waals surface area contributed by atoms with Gasteiger partial charge in [0, 0.05) is 13.1 Å². The van der Waals surface area contributed by atoms with Gasteiger partial charge in [-0.05, 0) is 42.3 Å². The molecule has 1 N–H and O–H groups in total. The van der Waals surface area contributed by atoms with Crippen LogP contribution in [0.5, 0.6) is 0 Å². The van der Waals surface area contributed by atoms with E-state index >= 15 is 0 Å². The molecule has 0 aliphatic carbocycles. The Balaban J connectivity index is 0.00000420. The lowest BCUT2D eigenvalue weighted by molar-refractivity contribution is -0.158. The maximum absolute atomic E-state index is 13.0. The number of carbonyl (C=O) groups is 2. The Morgan fingerprint density at radius 2 is 1.86 bits per heavy atom. The summed E-state index contributed by atoms with van der Waals surface area (Å²) >= 11 is 0. The van der Waals surface area contributed by atoms with Crippen LogP contribution in [0.15, 0.2) is 34.3 Å². The van der Waals surface area contributed by atoms with E-state index in [1.807, 2.05) is 13.8 Å². The number of rotatable bonds is 7. The molecule has 0 unspecified atom stereocenters. The van der Waals surface area contributed by atoms with Crippen LogP contribution in [0.4, 0.5) is 5.69 Å². The van der Waals surface area contributed by atoms with E-state index in [1.54, 1.807) is 0 Å². The number of carbonyl (C=O) groups excluding carboxylic acids is 2. The van der Waals surface area contributed by atoms with Gasteiger partial charge in [-0.2, -0.15) is 4.31 Å². The van der Waals surface area contributed by atoms with E-state index in [0.29, 0.717) is 6.42 Å². The fraction of sp³-hybridized carbons (Fsp3) is 0.556. The summed E-state index contributed by atoms with van der Waals surface area (Å²) in [5.74, 6) is -1.09.